The third-order valence-electron chi connectivity index (χ3n) is 3.25. The van der Waals surface area contributed by atoms with Crippen LogP contribution in [0.2, 0.25) is 5.02 Å². The highest BCUT2D eigenvalue weighted by atomic mass is 35.5. The molecular formula is C16H18ClNO4S. The van der Waals surface area contributed by atoms with Gasteiger partial charge in [-0.15, -0.1) is 0 Å². The largest absolute Gasteiger partial charge is 0.493 e. The van der Waals surface area contributed by atoms with Gasteiger partial charge in [-0.05, 0) is 36.2 Å². The molecule has 0 aliphatic carbocycles. The summed E-state index contributed by atoms with van der Waals surface area (Å²) in [6, 6.07) is 12.0. The molecule has 0 spiro atoms. The average molecular weight is 356 g/mol. The van der Waals surface area contributed by atoms with Crippen molar-refractivity contribution in [3.8, 4) is 11.5 Å². The molecule has 0 radical (unpaired) electrons. The van der Waals surface area contributed by atoms with Crippen LogP contribution < -0.4 is 14.2 Å². The minimum atomic E-state index is -3.50. The Morgan fingerprint density at radius 2 is 1.74 bits per heavy atom. The van der Waals surface area contributed by atoms with E-state index in [4.69, 9.17) is 21.1 Å². The van der Waals surface area contributed by atoms with Gasteiger partial charge in [0.25, 0.3) is 0 Å². The van der Waals surface area contributed by atoms with Gasteiger partial charge in [-0.2, -0.15) is 0 Å². The monoisotopic (exact) mass is 355 g/mol. The Bertz CT molecular complexity index is 777. The molecule has 0 fully saturated rings. The summed E-state index contributed by atoms with van der Waals surface area (Å²) in [5.41, 5.74) is 1.22. The Balaban J connectivity index is 2.06. The molecule has 0 saturated carbocycles. The normalized spacial score (nSPS) is 11.1. The van der Waals surface area contributed by atoms with E-state index in [0.29, 0.717) is 28.6 Å². The third-order valence-corrected chi connectivity index (χ3v) is 4.85. The van der Waals surface area contributed by atoms with Gasteiger partial charge in [0.1, 0.15) is 0 Å². The topological polar surface area (TPSA) is 64.6 Å². The lowest BCUT2D eigenvalue weighted by Crippen LogP contribution is -2.18. The first kappa shape index (κ1) is 17.4. The number of hydrogen-bond donors (Lipinski definition) is 1. The number of ether oxygens (including phenoxy) is 2. The van der Waals surface area contributed by atoms with E-state index in [9.17, 15) is 8.42 Å². The standard InChI is InChI=1S/C16H18ClNO4S/c1-21-15-8-7-12(11-16(15)22-2)9-10-23(19,20)18-14-6-4-3-5-13(14)17/h3-8,11,18H,9-10H2,1-2H3. The van der Waals surface area contributed by atoms with E-state index in [1.54, 1.807) is 43.5 Å². The molecule has 124 valence electrons. The molecule has 0 unspecified atom stereocenters. The van der Waals surface area contributed by atoms with Gasteiger partial charge < -0.3 is 9.47 Å². The van der Waals surface area contributed by atoms with E-state index in [0.717, 1.165) is 5.56 Å². The Morgan fingerprint density at radius 3 is 2.39 bits per heavy atom. The van der Waals surface area contributed by atoms with Crippen LogP contribution >= 0.6 is 11.6 Å². The van der Waals surface area contributed by atoms with Crippen molar-refractivity contribution in [1.82, 2.24) is 0 Å². The number of halogens is 1. The lowest BCUT2D eigenvalue weighted by Gasteiger charge is -2.11. The van der Waals surface area contributed by atoms with Crippen molar-refractivity contribution in [2.45, 2.75) is 6.42 Å². The summed E-state index contributed by atoms with van der Waals surface area (Å²) >= 11 is 5.96. The second kappa shape index (κ2) is 7.57. The maximum absolute atomic E-state index is 12.2. The summed E-state index contributed by atoms with van der Waals surface area (Å²) in [7, 11) is -0.407. The van der Waals surface area contributed by atoms with Crippen molar-refractivity contribution in [3.63, 3.8) is 0 Å². The Morgan fingerprint density at radius 1 is 1.04 bits per heavy atom. The molecule has 0 amide bonds. The molecule has 7 heteroatoms. The van der Waals surface area contributed by atoms with Crippen molar-refractivity contribution >= 4 is 27.3 Å². The first-order valence-corrected chi connectivity index (χ1v) is 8.94. The number of methoxy groups -OCH3 is 2. The fraction of sp³-hybridized carbons (Fsp3) is 0.250. The molecule has 0 aromatic heterocycles. The quantitative estimate of drug-likeness (QED) is 0.827. The second-order valence-corrected chi connectivity index (χ2v) is 7.09. The molecule has 1 N–H and O–H groups in total. The fourth-order valence-electron chi connectivity index (χ4n) is 2.05. The minimum Gasteiger partial charge on any atom is -0.493 e. The van der Waals surface area contributed by atoms with Gasteiger partial charge in [-0.1, -0.05) is 29.8 Å². The number of anilines is 1. The van der Waals surface area contributed by atoms with Crippen molar-refractivity contribution < 1.29 is 17.9 Å². The van der Waals surface area contributed by atoms with Crippen LogP contribution in [0.5, 0.6) is 11.5 Å². The predicted octanol–water partition coefficient (Wildman–Crippen LogP) is 3.34. The molecule has 0 heterocycles. The Kier molecular flexibility index (Phi) is 5.74. The molecule has 2 rings (SSSR count). The fourth-order valence-corrected chi connectivity index (χ4v) is 3.41. The van der Waals surface area contributed by atoms with Crippen molar-refractivity contribution in [3.05, 3.63) is 53.1 Å². The molecule has 2 aromatic rings. The van der Waals surface area contributed by atoms with Gasteiger partial charge in [-0.3, -0.25) is 4.72 Å². The predicted molar refractivity (Wildman–Crippen MR) is 92.1 cm³/mol. The zero-order valence-electron chi connectivity index (χ0n) is 12.9. The second-order valence-electron chi connectivity index (χ2n) is 4.84. The summed E-state index contributed by atoms with van der Waals surface area (Å²) in [5, 5.41) is 0.363. The highest BCUT2D eigenvalue weighted by molar-refractivity contribution is 7.92. The highest BCUT2D eigenvalue weighted by Gasteiger charge is 2.13. The van der Waals surface area contributed by atoms with Crippen LogP contribution in [0.3, 0.4) is 0 Å². The number of aryl methyl sites for hydroxylation is 1. The third kappa shape index (κ3) is 4.77. The van der Waals surface area contributed by atoms with Crippen LogP contribution in [0.4, 0.5) is 5.69 Å². The molecule has 23 heavy (non-hydrogen) atoms. The lowest BCUT2D eigenvalue weighted by molar-refractivity contribution is 0.354. The first-order valence-electron chi connectivity index (χ1n) is 6.91. The summed E-state index contributed by atoms with van der Waals surface area (Å²) < 4.78 is 37.2. The zero-order chi connectivity index (χ0) is 16.9. The smallest absolute Gasteiger partial charge is 0.233 e. The molecule has 0 atom stereocenters. The van der Waals surface area contributed by atoms with E-state index in [1.165, 1.54) is 7.11 Å². The average Bonchev–Trinajstić information content (AvgIpc) is 2.54. The Hall–Kier alpha value is -1.92. The van der Waals surface area contributed by atoms with Gasteiger partial charge in [0.2, 0.25) is 10.0 Å². The lowest BCUT2D eigenvalue weighted by atomic mass is 10.1. The van der Waals surface area contributed by atoms with Gasteiger partial charge in [-0.25, -0.2) is 8.42 Å². The molecule has 0 saturated heterocycles. The van der Waals surface area contributed by atoms with E-state index < -0.39 is 10.0 Å². The summed E-state index contributed by atoms with van der Waals surface area (Å²) in [4.78, 5) is 0. The number of sulfonamides is 1. The van der Waals surface area contributed by atoms with E-state index in [1.807, 2.05) is 6.07 Å². The van der Waals surface area contributed by atoms with Crippen LogP contribution in [0.1, 0.15) is 5.56 Å². The number of benzene rings is 2. The number of para-hydroxylation sites is 1. The summed E-state index contributed by atoms with van der Waals surface area (Å²) in [5.74, 6) is 1.11. The van der Waals surface area contributed by atoms with Crippen LogP contribution in [-0.2, 0) is 16.4 Å². The summed E-state index contributed by atoms with van der Waals surface area (Å²) in [6.07, 6.45) is 0.347. The maximum atomic E-state index is 12.2. The minimum absolute atomic E-state index is 0.0618. The van der Waals surface area contributed by atoms with Crippen molar-refractivity contribution in [2.75, 3.05) is 24.7 Å². The number of nitrogens with one attached hydrogen (secondary N) is 1. The molecular weight excluding hydrogens is 338 g/mol. The van der Waals surface area contributed by atoms with Crippen molar-refractivity contribution in [1.29, 1.82) is 0 Å². The Labute approximate surface area is 141 Å². The molecule has 0 bridgehead atoms. The number of hydrogen-bond acceptors (Lipinski definition) is 4. The van der Waals surface area contributed by atoms with Crippen LogP contribution in [0.25, 0.3) is 0 Å². The van der Waals surface area contributed by atoms with Gasteiger partial charge in [0, 0.05) is 0 Å². The van der Waals surface area contributed by atoms with Gasteiger partial charge in [0.15, 0.2) is 11.5 Å². The SMILES string of the molecule is COc1ccc(CCS(=O)(=O)Nc2ccccc2Cl)cc1OC. The van der Waals surface area contributed by atoms with Gasteiger partial charge in [0.05, 0.1) is 30.7 Å². The van der Waals surface area contributed by atoms with E-state index in [-0.39, 0.29) is 5.75 Å². The van der Waals surface area contributed by atoms with E-state index in [2.05, 4.69) is 4.72 Å². The first-order chi connectivity index (χ1) is 10.9. The molecule has 2 aromatic carbocycles. The summed E-state index contributed by atoms with van der Waals surface area (Å²) in [6.45, 7) is 0. The van der Waals surface area contributed by atoms with Crippen LogP contribution in [0.15, 0.2) is 42.5 Å². The molecule has 0 aliphatic rings. The molecule has 0 aliphatic heterocycles. The maximum Gasteiger partial charge on any atom is 0.233 e. The van der Waals surface area contributed by atoms with Crippen LogP contribution in [-0.4, -0.2) is 28.4 Å². The zero-order valence-corrected chi connectivity index (χ0v) is 14.4. The van der Waals surface area contributed by atoms with Gasteiger partial charge >= 0.3 is 0 Å². The highest BCUT2D eigenvalue weighted by Crippen LogP contribution is 2.28. The van der Waals surface area contributed by atoms with Crippen molar-refractivity contribution in [2.24, 2.45) is 0 Å². The number of rotatable bonds is 7. The van der Waals surface area contributed by atoms with Crippen LogP contribution in [0, 0.1) is 0 Å². The molecule has 5 nitrogen and oxygen atoms in total. The van der Waals surface area contributed by atoms with E-state index >= 15 is 0 Å².